The van der Waals surface area contributed by atoms with Gasteiger partial charge < -0.3 is 19.3 Å². The second-order valence-electron chi connectivity index (χ2n) is 9.69. The van der Waals surface area contributed by atoms with Crippen LogP contribution < -0.4 is 4.90 Å². The number of anilines is 1. The normalized spacial score (nSPS) is 19.5. The van der Waals surface area contributed by atoms with E-state index in [1.54, 1.807) is 0 Å². The number of carbonyl (C=O) groups excluding carboxylic acids is 1. The van der Waals surface area contributed by atoms with Crippen LogP contribution in [0.2, 0.25) is 0 Å². The number of hydrogen-bond donors (Lipinski definition) is 1. The van der Waals surface area contributed by atoms with Gasteiger partial charge >= 0.3 is 0 Å². The van der Waals surface area contributed by atoms with Crippen molar-refractivity contribution in [2.75, 3.05) is 44.2 Å². The van der Waals surface area contributed by atoms with Crippen molar-refractivity contribution in [2.24, 2.45) is 0 Å². The van der Waals surface area contributed by atoms with Gasteiger partial charge in [0, 0.05) is 56.2 Å². The third-order valence-electron chi connectivity index (χ3n) is 7.46. The Labute approximate surface area is 199 Å². The van der Waals surface area contributed by atoms with E-state index in [-0.39, 0.29) is 5.91 Å². The van der Waals surface area contributed by atoms with Gasteiger partial charge in [-0.15, -0.1) is 0 Å². The number of likely N-dealkylation sites (tertiary alicyclic amines) is 1. The Hall–Kier alpha value is -3.32. The van der Waals surface area contributed by atoms with E-state index in [4.69, 9.17) is 4.52 Å². The lowest BCUT2D eigenvalue weighted by Gasteiger charge is -2.35. The molecular weight excluding hydrogens is 426 g/mol. The van der Waals surface area contributed by atoms with Crippen molar-refractivity contribution >= 4 is 33.6 Å². The summed E-state index contributed by atoms with van der Waals surface area (Å²) in [6, 6.07) is 16.7. The third kappa shape index (κ3) is 3.94. The molecule has 2 aliphatic rings. The number of carbonyl (C=O) groups is 1. The van der Waals surface area contributed by atoms with Crippen LogP contribution >= 0.6 is 0 Å². The molecule has 2 saturated heterocycles. The number of aryl methyl sites for hydroxylation is 1. The van der Waals surface area contributed by atoms with Crippen LogP contribution in [0, 0.1) is 6.92 Å². The number of aromatic amines is 1. The molecule has 0 radical (unpaired) electrons. The third-order valence-corrected chi connectivity index (χ3v) is 7.46. The van der Waals surface area contributed by atoms with Crippen molar-refractivity contribution < 1.29 is 9.32 Å². The van der Waals surface area contributed by atoms with Crippen LogP contribution in [-0.4, -0.2) is 71.2 Å². The Morgan fingerprint density at radius 3 is 2.82 bits per heavy atom. The Balaban J connectivity index is 1.05. The lowest BCUT2D eigenvalue weighted by atomic mass is 10.1. The Bertz CT molecular complexity index is 1320. The number of H-pyrrole nitrogens is 1. The topological polar surface area (TPSA) is 68.6 Å². The highest BCUT2D eigenvalue weighted by Crippen LogP contribution is 2.28. The molecule has 2 aliphatic heterocycles. The van der Waals surface area contributed by atoms with E-state index in [1.165, 1.54) is 5.56 Å². The van der Waals surface area contributed by atoms with Crippen molar-refractivity contribution in [2.45, 2.75) is 32.2 Å². The van der Waals surface area contributed by atoms with E-state index in [1.807, 2.05) is 24.3 Å². The first-order chi connectivity index (χ1) is 16.7. The van der Waals surface area contributed by atoms with Crippen molar-refractivity contribution in [3.8, 4) is 0 Å². The highest BCUT2D eigenvalue weighted by atomic mass is 16.5. The zero-order valence-corrected chi connectivity index (χ0v) is 19.7. The van der Waals surface area contributed by atoms with Crippen LogP contribution in [0.1, 0.15) is 35.3 Å². The van der Waals surface area contributed by atoms with Crippen molar-refractivity contribution in [1.29, 1.82) is 0 Å². The van der Waals surface area contributed by atoms with Crippen LogP contribution in [0.4, 0.5) is 5.82 Å². The number of nitrogens with one attached hydrogen (secondary N) is 1. The molecule has 1 unspecified atom stereocenters. The summed E-state index contributed by atoms with van der Waals surface area (Å²) < 4.78 is 5.49. The summed E-state index contributed by atoms with van der Waals surface area (Å²) in [5, 5.41) is 6.50. The molecule has 4 heterocycles. The molecule has 2 fully saturated rings. The van der Waals surface area contributed by atoms with Gasteiger partial charge in [0.2, 0.25) is 0 Å². The van der Waals surface area contributed by atoms with Gasteiger partial charge in [-0.25, -0.2) is 0 Å². The summed E-state index contributed by atoms with van der Waals surface area (Å²) in [7, 11) is 0. The fourth-order valence-corrected chi connectivity index (χ4v) is 5.53. The van der Waals surface area contributed by atoms with E-state index in [0.29, 0.717) is 11.7 Å². The molecule has 176 valence electrons. The van der Waals surface area contributed by atoms with Crippen LogP contribution in [-0.2, 0) is 0 Å². The van der Waals surface area contributed by atoms with E-state index < -0.39 is 0 Å². The number of piperazine rings is 1. The van der Waals surface area contributed by atoms with E-state index in [2.05, 4.69) is 56.0 Å². The number of para-hydroxylation sites is 1. The first-order valence-corrected chi connectivity index (χ1v) is 12.4. The SMILES string of the molecule is Cc1ccc2cc(C(=O)N3CCCC3CCN3CCN(c4noc5ccccc45)CC3)[nH]c2c1. The van der Waals surface area contributed by atoms with E-state index in [9.17, 15) is 4.79 Å². The second kappa shape index (κ2) is 8.80. The maximum atomic E-state index is 13.3. The minimum Gasteiger partial charge on any atom is -0.354 e. The largest absolute Gasteiger partial charge is 0.354 e. The van der Waals surface area contributed by atoms with Gasteiger partial charge in [0.1, 0.15) is 5.69 Å². The smallest absolute Gasteiger partial charge is 0.270 e. The summed E-state index contributed by atoms with van der Waals surface area (Å²) in [6.45, 7) is 7.84. The Morgan fingerprint density at radius 1 is 1.09 bits per heavy atom. The predicted octanol–water partition coefficient (Wildman–Crippen LogP) is 4.43. The van der Waals surface area contributed by atoms with Gasteiger partial charge in [0.25, 0.3) is 5.91 Å². The molecule has 34 heavy (non-hydrogen) atoms. The maximum Gasteiger partial charge on any atom is 0.270 e. The van der Waals surface area contributed by atoms with Gasteiger partial charge in [-0.2, -0.15) is 0 Å². The average molecular weight is 458 g/mol. The molecule has 7 heteroatoms. The summed E-state index contributed by atoms with van der Waals surface area (Å²) >= 11 is 0. The minimum atomic E-state index is 0.138. The second-order valence-corrected chi connectivity index (χ2v) is 9.69. The summed E-state index contributed by atoms with van der Waals surface area (Å²) in [4.78, 5) is 23.6. The Kier molecular flexibility index (Phi) is 5.49. The van der Waals surface area contributed by atoms with Gasteiger partial charge in [0.15, 0.2) is 11.4 Å². The van der Waals surface area contributed by atoms with Crippen molar-refractivity contribution in [1.82, 2.24) is 19.9 Å². The molecule has 0 bridgehead atoms. The number of hydrogen-bond acceptors (Lipinski definition) is 5. The Morgan fingerprint density at radius 2 is 1.94 bits per heavy atom. The lowest BCUT2D eigenvalue weighted by Crippen LogP contribution is -2.48. The molecule has 1 amide bonds. The van der Waals surface area contributed by atoms with Crippen molar-refractivity contribution in [3.05, 3.63) is 59.8 Å². The minimum absolute atomic E-state index is 0.138. The fourth-order valence-electron chi connectivity index (χ4n) is 5.53. The zero-order chi connectivity index (χ0) is 23.1. The molecule has 2 aromatic carbocycles. The number of benzene rings is 2. The number of fused-ring (bicyclic) bond motifs is 2. The van der Waals surface area contributed by atoms with Crippen LogP contribution in [0.15, 0.2) is 53.1 Å². The molecule has 0 saturated carbocycles. The molecule has 7 nitrogen and oxygen atoms in total. The molecule has 0 spiro atoms. The van der Waals surface area contributed by atoms with Crippen LogP contribution in [0.3, 0.4) is 0 Å². The first-order valence-electron chi connectivity index (χ1n) is 12.4. The molecule has 4 aromatic rings. The molecular formula is C27H31N5O2. The number of amides is 1. The quantitative estimate of drug-likeness (QED) is 0.480. The van der Waals surface area contributed by atoms with Gasteiger partial charge in [-0.1, -0.05) is 29.4 Å². The zero-order valence-electron chi connectivity index (χ0n) is 19.7. The molecule has 1 atom stereocenters. The van der Waals surface area contributed by atoms with Gasteiger partial charge in [0.05, 0.1) is 5.39 Å². The lowest BCUT2D eigenvalue weighted by molar-refractivity contribution is 0.0715. The van der Waals surface area contributed by atoms with Crippen molar-refractivity contribution in [3.63, 3.8) is 0 Å². The van der Waals surface area contributed by atoms with Gasteiger partial charge in [-0.3, -0.25) is 9.69 Å². The number of aromatic nitrogens is 2. The highest BCUT2D eigenvalue weighted by Gasteiger charge is 2.31. The number of nitrogens with zero attached hydrogens (tertiary/aromatic N) is 4. The average Bonchev–Trinajstić information content (AvgIpc) is 3.60. The fraction of sp³-hybridized carbons (Fsp3) is 0.407. The monoisotopic (exact) mass is 457 g/mol. The highest BCUT2D eigenvalue weighted by molar-refractivity contribution is 5.98. The molecule has 6 rings (SSSR count). The first kappa shape index (κ1) is 21.2. The summed E-state index contributed by atoms with van der Waals surface area (Å²) in [5.74, 6) is 1.09. The number of rotatable bonds is 5. The van der Waals surface area contributed by atoms with E-state index >= 15 is 0 Å². The maximum absolute atomic E-state index is 13.3. The predicted molar refractivity (Wildman–Crippen MR) is 134 cm³/mol. The molecule has 0 aliphatic carbocycles. The molecule has 1 N–H and O–H groups in total. The summed E-state index contributed by atoms with van der Waals surface area (Å²) in [5.41, 5.74) is 3.79. The van der Waals surface area contributed by atoms with Crippen LogP contribution in [0.25, 0.3) is 21.9 Å². The van der Waals surface area contributed by atoms with Crippen LogP contribution in [0.5, 0.6) is 0 Å². The standard InChI is InChI=1S/C27H31N5O2/c1-19-8-9-20-18-24(28-23(20)17-19)27(33)32-11-4-5-21(32)10-12-30-13-15-31(16-14-30)26-22-6-2-3-7-25(22)34-29-26/h2-3,6-9,17-18,21,28H,4-5,10-16H2,1H3. The van der Waals surface area contributed by atoms with E-state index in [0.717, 1.165) is 86.2 Å². The summed E-state index contributed by atoms with van der Waals surface area (Å²) in [6.07, 6.45) is 3.21. The van der Waals surface area contributed by atoms with Gasteiger partial charge in [-0.05, 0) is 56.0 Å². The molecule has 2 aromatic heterocycles.